The fourth-order valence-electron chi connectivity index (χ4n) is 1.92. The molecule has 0 bridgehead atoms. The van der Waals surface area contributed by atoms with Gasteiger partial charge in [0, 0.05) is 0 Å². The normalized spacial score (nSPS) is 33.8. The average Bonchev–Trinajstić information content (AvgIpc) is 2.39. The molecule has 1 N–H and O–H groups in total. The van der Waals surface area contributed by atoms with Crippen LogP contribution >= 0.6 is 15.6 Å². The van der Waals surface area contributed by atoms with E-state index in [1.54, 1.807) is 0 Å². The predicted molar refractivity (Wildman–Crippen MR) is 77.1 cm³/mol. The van der Waals surface area contributed by atoms with Crippen molar-refractivity contribution in [2.45, 2.75) is 25.9 Å². The van der Waals surface area contributed by atoms with Crippen LogP contribution in [0.25, 0.3) is 0 Å². The zero-order chi connectivity index (χ0) is 15.5. The first-order chi connectivity index (χ1) is 9.16. The summed E-state index contributed by atoms with van der Waals surface area (Å²) in [5, 5.41) is 10.3. The van der Waals surface area contributed by atoms with Gasteiger partial charge in [0.25, 0.3) is 0 Å². The van der Waals surface area contributed by atoms with Gasteiger partial charge >= 0.3 is 119 Å². The molecule has 0 saturated carbocycles. The Kier molecular flexibility index (Phi) is 6.14. The summed E-state index contributed by atoms with van der Waals surface area (Å²) in [6.07, 6.45) is 0.464. The van der Waals surface area contributed by atoms with E-state index in [1.165, 1.54) is 13.8 Å². The molecule has 0 aliphatic carbocycles. The first-order valence-electron chi connectivity index (χ1n) is 6.57. The molecule has 1 rings (SSSR count). The van der Waals surface area contributed by atoms with Gasteiger partial charge in [0.05, 0.1) is 0 Å². The Labute approximate surface area is 120 Å². The van der Waals surface area contributed by atoms with E-state index < -0.39 is 27.1 Å². The Morgan fingerprint density at radius 1 is 1.50 bits per heavy atom. The molecule has 0 amide bonds. The van der Waals surface area contributed by atoms with Crippen LogP contribution in [-0.4, -0.2) is 51.5 Å². The maximum absolute atomic E-state index is 14.5. The van der Waals surface area contributed by atoms with Crippen LogP contribution in [0.2, 0.25) is 0 Å². The first-order valence-corrected chi connectivity index (χ1v) is 10.7. The molecule has 1 aliphatic heterocycles. The number of halogens is 1. The van der Waals surface area contributed by atoms with Crippen molar-refractivity contribution in [1.29, 1.82) is 0 Å². The molecular formula is C11H25FO6P2. The van der Waals surface area contributed by atoms with Gasteiger partial charge in [-0.25, -0.2) is 0 Å². The van der Waals surface area contributed by atoms with Gasteiger partial charge in [0.15, 0.2) is 0 Å². The monoisotopic (exact) mass is 334 g/mol. The van der Waals surface area contributed by atoms with Crippen LogP contribution in [0.5, 0.6) is 0 Å². The molecule has 6 nitrogen and oxygen atoms in total. The Morgan fingerprint density at radius 2 is 2.05 bits per heavy atom. The number of aliphatic hydroxyl groups excluding tert-OH is 1. The van der Waals surface area contributed by atoms with E-state index in [0.29, 0.717) is 6.42 Å². The number of hydrogen-bond acceptors (Lipinski definition) is 6. The summed E-state index contributed by atoms with van der Waals surface area (Å²) in [6, 6.07) is 0. The van der Waals surface area contributed by atoms with Crippen molar-refractivity contribution < 1.29 is 32.0 Å². The SMILES string of the molecule is CCCC(O)C1(CO[PH](C)=O)COP(C)(F)(OC)OC1. The van der Waals surface area contributed by atoms with Crippen molar-refractivity contribution >= 4 is 15.6 Å². The first kappa shape index (κ1) is 18.4. The standard InChI is InChI=1S/C11H25FO6P2/c1-5-6-10(13)11(7-16-19(3)14)8-17-20(4,12,15-2)18-9-11/h10,13,19H,5-9H2,1-4H3. The zero-order valence-corrected chi connectivity index (χ0v) is 14.3. The summed E-state index contributed by atoms with van der Waals surface area (Å²) in [5.74, 6) is 0. The Hall–Kier alpha value is 0.390. The number of rotatable bonds is 7. The van der Waals surface area contributed by atoms with Crippen LogP contribution in [0.4, 0.5) is 4.20 Å². The molecule has 1 heterocycles. The quantitative estimate of drug-likeness (QED) is 0.722. The Bertz CT molecular complexity index is 353. The molecule has 1 aliphatic rings. The molecular weight excluding hydrogens is 309 g/mol. The van der Waals surface area contributed by atoms with Gasteiger partial charge in [0.1, 0.15) is 0 Å². The summed E-state index contributed by atoms with van der Waals surface area (Å²) in [5.41, 5.74) is -0.922. The molecule has 20 heavy (non-hydrogen) atoms. The van der Waals surface area contributed by atoms with Crippen LogP contribution in [-0.2, 0) is 22.7 Å². The van der Waals surface area contributed by atoms with Crippen molar-refractivity contribution in [1.82, 2.24) is 0 Å². The van der Waals surface area contributed by atoms with Gasteiger partial charge in [-0.2, -0.15) is 0 Å². The second kappa shape index (κ2) is 6.66. The van der Waals surface area contributed by atoms with Gasteiger partial charge < -0.3 is 0 Å². The molecule has 2 atom stereocenters. The molecule has 2 unspecified atom stereocenters. The van der Waals surface area contributed by atoms with Crippen LogP contribution in [0.3, 0.4) is 0 Å². The molecule has 0 spiro atoms. The molecule has 9 heteroatoms. The van der Waals surface area contributed by atoms with Gasteiger partial charge in [-0.05, 0) is 0 Å². The fraction of sp³-hybridized carbons (Fsp3) is 1.00. The summed E-state index contributed by atoms with van der Waals surface area (Å²) in [4.78, 5) is 0. The second-order valence-corrected chi connectivity index (χ2v) is 9.77. The van der Waals surface area contributed by atoms with Gasteiger partial charge in [-0.1, -0.05) is 0 Å². The number of aliphatic hydroxyl groups is 1. The molecule has 0 radical (unpaired) electrons. The zero-order valence-electron chi connectivity index (χ0n) is 12.4. The number of hydrogen-bond donors (Lipinski definition) is 1. The molecule has 0 aromatic heterocycles. The van der Waals surface area contributed by atoms with Crippen LogP contribution < -0.4 is 0 Å². The molecule has 1 fully saturated rings. The van der Waals surface area contributed by atoms with E-state index in [9.17, 15) is 13.9 Å². The van der Waals surface area contributed by atoms with Crippen molar-refractivity contribution in [2.24, 2.45) is 5.41 Å². The summed E-state index contributed by atoms with van der Waals surface area (Å²) < 4.78 is 46.0. The van der Waals surface area contributed by atoms with Crippen LogP contribution in [0.1, 0.15) is 19.8 Å². The third-order valence-electron chi connectivity index (χ3n) is 3.50. The van der Waals surface area contributed by atoms with E-state index in [-0.39, 0.29) is 19.8 Å². The van der Waals surface area contributed by atoms with Gasteiger partial charge in [0.2, 0.25) is 0 Å². The van der Waals surface area contributed by atoms with E-state index in [0.717, 1.165) is 13.1 Å². The van der Waals surface area contributed by atoms with Gasteiger partial charge in [-0.3, -0.25) is 0 Å². The Morgan fingerprint density at radius 3 is 2.45 bits per heavy atom. The summed E-state index contributed by atoms with van der Waals surface area (Å²) in [6.45, 7) is 4.35. The summed E-state index contributed by atoms with van der Waals surface area (Å²) >= 11 is 0. The van der Waals surface area contributed by atoms with Crippen LogP contribution in [0.15, 0.2) is 0 Å². The van der Waals surface area contributed by atoms with Crippen molar-refractivity contribution in [2.75, 3.05) is 40.3 Å². The minimum atomic E-state index is -4.53. The van der Waals surface area contributed by atoms with Crippen molar-refractivity contribution in [3.63, 3.8) is 0 Å². The third kappa shape index (κ3) is 4.44. The van der Waals surface area contributed by atoms with E-state index in [2.05, 4.69) is 0 Å². The maximum atomic E-state index is 14.5. The fourth-order valence-corrected chi connectivity index (χ4v) is 3.78. The average molecular weight is 334 g/mol. The topological polar surface area (TPSA) is 74.2 Å². The summed E-state index contributed by atoms with van der Waals surface area (Å²) in [7, 11) is -5.50. The van der Waals surface area contributed by atoms with E-state index in [4.69, 9.17) is 18.1 Å². The van der Waals surface area contributed by atoms with Crippen LogP contribution in [0, 0.1) is 5.41 Å². The van der Waals surface area contributed by atoms with E-state index >= 15 is 0 Å². The second-order valence-electron chi connectivity index (χ2n) is 5.32. The third-order valence-corrected chi connectivity index (χ3v) is 6.25. The van der Waals surface area contributed by atoms with Gasteiger partial charge in [-0.15, -0.1) is 0 Å². The molecule has 1 saturated heterocycles. The van der Waals surface area contributed by atoms with E-state index in [1.807, 2.05) is 6.92 Å². The van der Waals surface area contributed by atoms with Crippen molar-refractivity contribution in [3.8, 4) is 0 Å². The minimum absolute atomic E-state index is 0.00132. The molecule has 0 aromatic rings. The molecule has 0 aromatic carbocycles. The molecule has 122 valence electrons. The Balaban J connectivity index is 2.84. The predicted octanol–water partition coefficient (Wildman–Crippen LogP) is 2.76. The van der Waals surface area contributed by atoms with Crippen molar-refractivity contribution in [3.05, 3.63) is 0 Å².